The number of piperidine rings is 1. The average Bonchev–Trinajstić information content (AvgIpc) is 2.99. The highest BCUT2D eigenvalue weighted by Gasteiger charge is 2.38. The molecule has 0 aliphatic carbocycles. The number of nitrogens with one attached hydrogen (secondary N) is 1. The maximum Gasteiger partial charge on any atom is 0.254 e. The molecule has 1 aromatic rings. The van der Waals surface area contributed by atoms with Gasteiger partial charge in [0.2, 0.25) is 0 Å². The highest BCUT2D eigenvalue weighted by Crippen LogP contribution is 2.37. The Kier molecular flexibility index (Phi) is 4.54. The van der Waals surface area contributed by atoms with Crippen LogP contribution in [0.25, 0.3) is 0 Å². The molecule has 0 bridgehead atoms. The molecule has 0 saturated carbocycles. The van der Waals surface area contributed by atoms with E-state index in [9.17, 15) is 4.79 Å². The summed E-state index contributed by atoms with van der Waals surface area (Å²) in [5, 5.41) is 7.50. The van der Waals surface area contributed by atoms with Gasteiger partial charge in [0.25, 0.3) is 5.91 Å². The van der Waals surface area contributed by atoms with Gasteiger partial charge in [-0.05, 0) is 49.1 Å². The minimum Gasteiger partial charge on any atom is -0.339 e. The van der Waals surface area contributed by atoms with Crippen molar-refractivity contribution in [3.63, 3.8) is 0 Å². The first-order valence-corrected chi connectivity index (χ1v) is 7.67. The Labute approximate surface area is 124 Å². The van der Waals surface area contributed by atoms with Gasteiger partial charge in [-0.25, -0.2) is 0 Å². The molecule has 2 aliphatic heterocycles. The van der Waals surface area contributed by atoms with Crippen LogP contribution in [0.4, 0.5) is 0 Å². The molecule has 3 nitrogen and oxygen atoms in total. The fraction of sp³-hybridized carbons (Fsp3) is 0.643. The van der Waals surface area contributed by atoms with E-state index in [-0.39, 0.29) is 18.3 Å². The second kappa shape index (κ2) is 5.81. The number of carbonyl (C=O) groups is 1. The van der Waals surface area contributed by atoms with E-state index < -0.39 is 0 Å². The molecule has 19 heavy (non-hydrogen) atoms. The molecular formula is C14H21ClN2OS. The molecule has 5 heteroatoms. The van der Waals surface area contributed by atoms with Crippen LogP contribution in [0.1, 0.15) is 35.2 Å². The predicted molar refractivity (Wildman–Crippen MR) is 81.4 cm³/mol. The third kappa shape index (κ3) is 2.81. The lowest BCUT2D eigenvalue weighted by Crippen LogP contribution is -2.44. The summed E-state index contributed by atoms with van der Waals surface area (Å²) in [5.74, 6) is 0.231. The van der Waals surface area contributed by atoms with Crippen molar-refractivity contribution in [2.75, 3.05) is 26.2 Å². The summed E-state index contributed by atoms with van der Waals surface area (Å²) in [6, 6.07) is 0. The highest BCUT2D eigenvalue weighted by molar-refractivity contribution is 7.08. The number of nitrogens with zero attached hydrogens (tertiary/aromatic N) is 1. The van der Waals surface area contributed by atoms with Crippen molar-refractivity contribution in [1.82, 2.24) is 10.2 Å². The van der Waals surface area contributed by atoms with Crippen LogP contribution >= 0.6 is 23.7 Å². The summed E-state index contributed by atoms with van der Waals surface area (Å²) >= 11 is 1.62. The van der Waals surface area contributed by atoms with Crippen molar-refractivity contribution in [2.45, 2.75) is 26.2 Å². The number of thiophene rings is 1. The Morgan fingerprint density at radius 2 is 2.05 bits per heavy atom. The van der Waals surface area contributed by atoms with Gasteiger partial charge in [-0.15, -0.1) is 12.4 Å². The third-order valence-electron chi connectivity index (χ3n) is 4.53. The first-order valence-electron chi connectivity index (χ1n) is 6.73. The number of hydrogen-bond donors (Lipinski definition) is 1. The molecule has 2 saturated heterocycles. The van der Waals surface area contributed by atoms with E-state index in [4.69, 9.17) is 0 Å². The molecule has 1 aromatic heterocycles. The molecule has 106 valence electrons. The molecule has 1 amide bonds. The Hall–Kier alpha value is -0.580. The van der Waals surface area contributed by atoms with Gasteiger partial charge in [0.1, 0.15) is 0 Å². The van der Waals surface area contributed by atoms with E-state index in [0.29, 0.717) is 5.41 Å². The van der Waals surface area contributed by atoms with E-state index >= 15 is 0 Å². The number of rotatable bonds is 1. The summed E-state index contributed by atoms with van der Waals surface area (Å²) in [6.07, 6.45) is 3.61. The molecule has 0 aromatic carbocycles. The van der Waals surface area contributed by atoms with Crippen LogP contribution in [0.2, 0.25) is 0 Å². The molecule has 3 rings (SSSR count). The first-order chi connectivity index (χ1) is 8.70. The van der Waals surface area contributed by atoms with Gasteiger partial charge in [-0.2, -0.15) is 11.3 Å². The number of hydrogen-bond acceptors (Lipinski definition) is 3. The first kappa shape index (κ1) is 14.8. The van der Waals surface area contributed by atoms with Crippen LogP contribution in [0.15, 0.2) is 10.8 Å². The minimum absolute atomic E-state index is 0. The second-order valence-electron chi connectivity index (χ2n) is 5.69. The van der Waals surface area contributed by atoms with Crippen LogP contribution in [0, 0.1) is 12.3 Å². The number of aryl methyl sites for hydroxylation is 1. The summed E-state index contributed by atoms with van der Waals surface area (Å²) in [7, 11) is 0. The Morgan fingerprint density at radius 1 is 1.32 bits per heavy atom. The summed E-state index contributed by atoms with van der Waals surface area (Å²) in [4.78, 5) is 14.4. The van der Waals surface area contributed by atoms with E-state index in [1.54, 1.807) is 11.3 Å². The predicted octanol–water partition coefficient (Wildman–Crippen LogP) is 2.69. The lowest BCUT2D eigenvalue weighted by molar-refractivity contribution is 0.0607. The smallest absolute Gasteiger partial charge is 0.254 e. The lowest BCUT2D eigenvalue weighted by Gasteiger charge is -2.38. The summed E-state index contributed by atoms with van der Waals surface area (Å²) < 4.78 is 0. The minimum atomic E-state index is 0. The molecule has 2 aliphatic rings. The highest BCUT2D eigenvalue weighted by atomic mass is 35.5. The molecule has 0 unspecified atom stereocenters. The monoisotopic (exact) mass is 300 g/mol. The largest absolute Gasteiger partial charge is 0.339 e. The molecule has 0 radical (unpaired) electrons. The molecule has 0 atom stereocenters. The second-order valence-corrected chi connectivity index (χ2v) is 6.43. The van der Waals surface area contributed by atoms with Gasteiger partial charge in [-0.3, -0.25) is 4.79 Å². The zero-order chi connectivity index (χ0) is 12.6. The summed E-state index contributed by atoms with van der Waals surface area (Å²) in [5.41, 5.74) is 2.51. The van der Waals surface area contributed by atoms with Crippen molar-refractivity contribution in [1.29, 1.82) is 0 Å². The Bertz CT molecular complexity index is 444. The zero-order valence-electron chi connectivity index (χ0n) is 11.3. The van der Waals surface area contributed by atoms with Gasteiger partial charge in [0.05, 0.1) is 5.56 Å². The number of halogens is 1. The summed E-state index contributed by atoms with van der Waals surface area (Å²) in [6.45, 7) is 6.17. The Morgan fingerprint density at radius 3 is 2.58 bits per heavy atom. The maximum absolute atomic E-state index is 12.4. The van der Waals surface area contributed by atoms with Crippen LogP contribution in [0.5, 0.6) is 0 Å². The molecule has 3 heterocycles. The van der Waals surface area contributed by atoms with Crippen LogP contribution in [-0.4, -0.2) is 37.0 Å². The van der Waals surface area contributed by atoms with Crippen molar-refractivity contribution in [2.24, 2.45) is 5.41 Å². The van der Waals surface area contributed by atoms with Gasteiger partial charge in [0, 0.05) is 25.0 Å². The van der Waals surface area contributed by atoms with Crippen LogP contribution < -0.4 is 5.32 Å². The van der Waals surface area contributed by atoms with E-state index in [0.717, 1.165) is 50.1 Å². The van der Waals surface area contributed by atoms with Gasteiger partial charge >= 0.3 is 0 Å². The van der Waals surface area contributed by atoms with Gasteiger partial charge in [-0.1, -0.05) is 0 Å². The number of carbonyl (C=O) groups excluding carboxylic acids is 1. The maximum atomic E-state index is 12.4. The quantitative estimate of drug-likeness (QED) is 0.865. The van der Waals surface area contributed by atoms with Crippen molar-refractivity contribution in [3.8, 4) is 0 Å². The van der Waals surface area contributed by atoms with Crippen molar-refractivity contribution >= 4 is 29.7 Å². The number of likely N-dealkylation sites (tertiary alicyclic amines) is 1. The topological polar surface area (TPSA) is 32.3 Å². The zero-order valence-corrected chi connectivity index (χ0v) is 12.9. The Balaban J connectivity index is 0.00000133. The third-order valence-corrected chi connectivity index (χ3v) is 5.39. The van der Waals surface area contributed by atoms with E-state index in [2.05, 4.69) is 10.7 Å². The standard InChI is InChI=1S/C14H20N2OS.ClH/c1-11-8-18-9-12(11)13(17)16-6-3-14(4-7-16)2-5-15-10-14;/h8-9,15H,2-7,10H2,1H3;1H. The SMILES string of the molecule is Cc1cscc1C(=O)N1CCC2(CCNC2)CC1.Cl. The average molecular weight is 301 g/mol. The van der Waals surface area contributed by atoms with Crippen molar-refractivity contribution in [3.05, 3.63) is 21.9 Å². The molecule has 2 fully saturated rings. The molecule has 1 spiro atoms. The van der Waals surface area contributed by atoms with Gasteiger partial charge in [0.15, 0.2) is 0 Å². The van der Waals surface area contributed by atoms with E-state index in [1.165, 1.54) is 6.42 Å². The number of amides is 1. The van der Waals surface area contributed by atoms with Crippen LogP contribution in [0.3, 0.4) is 0 Å². The fourth-order valence-electron chi connectivity index (χ4n) is 3.16. The van der Waals surface area contributed by atoms with E-state index in [1.807, 2.05) is 17.2 Å². The van der Waals surface area contributed by atoms with Crippen molar-refractivity contribution < 1.29 is 4.79 Å². The fourth-order valence-corrected chi connectivity index (χ4v) is 3.98. The lowest BCUT2D eigenvalue weighted by atomic mass is 9.78. The molecule has 1 N–H and O–H groups in total. The van der Waals surface area contributed by atoms with Crippen LogP contribution in [-0.2, 0) is 0 Å². The molecular weight excluding hydrogens is 280 g/mol. The normalized spacial score (nSPS) is 21.4. The van der Waals surface area contributed by atoms with Gasteiger partial charge < -0.3 is 10.2 Å².